The van der Waals surface area contributed by atoms with E-state index < -0.39 is 0 Å². The summed E-state index contributed by atoms with van der Waals surface area (Å²) in [7, 11) is 0. The first-order valence-corrected chi connectivity index (χ1v) is 7.22. The van der Waals surface area contributed by atoms with Crippen molar-refractivity contribution >= 4 is 23.4 Å². The normalized spacial score (nSPS) is 10.3. The molecule has 2 aromatic rings. The van der Waals surface area contributed by atoms with E-state index >= 15 is 0 Å². The molecule has 0 unspecified atom stereocenters. The lowest BCUT2D eigenvalue weighted by Gasteiger charge is -2.06. The molecule has 2 heteroatoms. The molecule has 0 amide bonds. The summed E-state index contributed by atoms with van der Waals surface area (Å²) in [6.07, 6.45) is 1.29. The Bertz CT molecular complexity index is 644. The summed E-state index contributed by atoms with van der Waals surface area (Å²) in [5.41, 5.74) is 5.33. The minimum Gasteiger partial charge on any atom is -0.294 e. The van der Waals surface area contributed by atoms with E-state index in [0.29, 0.717) is 6.42 Å². The number of rotatable bonds is 5. The van der Waals surface area contributed by atoms with Crippen LogP contribution >= 0.6 is 12.2 Å². The highest BCUT2D eigenvalue weighted by atomic mass is 32.1. The summed E-state index contributed by atoms with van der Waals surface area (Å²) in [6, 6.07) is 13.9. The maximum Gasteiger partial charge on any atom is 0.163 e. The van der Waals surface area contributed by atoms with E-state index in [1.165, 1.54) is 16.7 Å². The van der Waals surface area contributed by atoms with Crippen molar-refractivity contribution in [2.24, 2.45) is 0 Å². The van der Waals surface area contributed by atoms with Crippen molar-refractivity contribution in [1.29, 1.82) is 0 Å². The van der Waals surface area contributed by atoms with Crippen LogP contribution in [0.2, 0.25) is 0 Å². The molecule has 0 aliphatic carbocycles. The van der Waals surface area contributed by atoms with Gasteiger partial charge in [-0.15, -0.1) is 0 Å². The van der Waals surface area contributed by atoms with Crippen molar-refractivity contribution in [1.82, 2.24) is 0 Å². The number of thiocarbonyl (C=S) groups is 1. The number of aryl methyl sites for hydroxylation is 3. The van der Waals surface area contributed by atoms with E-state index in [1.54, 1.807) is 5.37 Å². The summed E-state index contributed by atoms with van der Waals surface area (Å²) in [5.74, 6) is 0.153. The van der Waals surface area contributed by atoms with Gasteiger partial charge >= 0.3 is 0 Å². The standard InChI is InChI=1S/C18H18OS/c1-13-7-8-15(11-14(13)2)9-10-18(19)17-6-4-3-5-16(17)12-20/h3-8,11-12H,9-10H2,1-2H3. The summed E-state index contributed by atoms with van der Waals surface area (Å²) in [5, 5.41) is 1.57. The zero-order valence-corrected chi connectivity index (χ0v) is 12.7. The smallest absolute Gasteiger partial charge is 0.163 e. The molecule has 0 saturated heterocycles. The molecule has 0 N–H and O–H groups in total. The first-order valence-electron chi connectivity index (χ1n) is 6.75. The van der Waals surface area contributed by atoms with Crippen LogP contribution < -0.4 is 0 Å². The molecular formula is C18H18OS. The molecule has 0 fully saturated rings. The second-order valence-electron chi connectivity index (χ2n) is 5.05. The predicted octanol–water partition coefficient (Wildman–Crippen LogP) is 4.47. The number of carbonyl (C=O) groups is 1. The average Bonchev–Trinajstić information content (AvgIpc) is 2.48. The third-order valence-corrected chi connectivity index (χ3v) is 3.85. The molecule has 0 aliphatic heterocycles. The third-order valence-electron chi connectivity index (χ3n) is 3.60. The SMILES string of the molecule is Cc1ccc(CCC(=O)c2ccccc2C=S)cc1C. The Kier molecular flexibility index (Phi) is 4.80. The van der Waals surface area contributed by atoms with Crippen LogP contribution in [0.4, 0.5) is 0 Å². The molecule has 2 aromatic carbocycles. The number of hydrogen-bond acceptors (Lipinski definition) is 2. The minimum absolute atomic E-state index is 0.153. The molecular weight excluding hydrogens is 264 g/mol. The predicted molar refractivity (Wildman–Crippen MR) is 87.8 cm³/mol. The van der Waals surface area contributed by atoms with Gasteiger partial charge in [-0.3, -0.25) is 4.79 Å². The fraction of sp³-hybridized carbons (Fsp3) is 0.222. The number of benzene rings is 2. The topological polar surface area (TPSA) is 17.1 Å². The largest absolute Gasteiger partial charge is 0.294 e. The van der Waals surface area contributed by atoms with Gasteiger partial charge in [0.05, 0.1) is 0 Å². The second-order valence-corrected chi connectivity index (χ2v) is 5.28. The lowest BCUT2D eigenvalue weighted by molar-refractivity contribution is 0.0983. The van der Waals surface area contributed by atoms with Crippen LogP contribution in [0, 0.1) is 13.8 Å². The number of Topliss-reactive ketones (excluding diaryl/α,β-unsaturated/α-hetero) is 1. The van der Waals surface area contributed by atoms with Crippen LogP contribution in [0.3, 0.4) is 0 Å². The van der Waals surface area contributed by atoms with Crippen molar-refractivity contribution in [3.8, 4) is 0 Å². The summed E-state index contributed by atoms with van der Waals surface area (Å²) < 4.78 is 0. The van der Waals surface area contributed by atoms with E-state index in [-0.39, 0.29) is 5.78 Å². The van der Waals surface area contributed by atoms with Crippen LogP contribution in [-0.4, -0.2) is 11.2 Å². The first kappa shape index (κ1) is 14.6. The van der Waals surface area contributed by atoms with Gasteiger partial charge in [0.1, 0.15) is 0 Å². The van der Waals surface area contributed by atoms with Gasteiger partial charge in [-0.1, -0.05) is 54.7 Å². The molecule has 102 valence electrons. The zero-order valence-electron chi connectivity index (χ0n) is 11.8. The minimum atomic E-state index is 0.153. The van der Waals surface area contributed by atoms with Crippen molar-refractivity contribution in [3.63, 3.8) is 0 Å². The molecule has 2 rings (SSSR count). The van der Waals surface area contributed by atoms with Crippen LogP contribution in [0.15, 0.2) is 42.5 Å². The van der Waals surface area contributed by atoms with Gasteiger partial charge in [0.2, 0.25) is 0 Å². The molecule has 0 radical (unpaired) electrons. The Morgan fingerprint density at radius 1 is 1.10 bits per heavy atom. The number of carbonyl (C=O) groups excluding carboxylic acids is 1. The Morgan fingerprint density at radius 3 is 2.55 bits per heavy atom. The summed E-state index contributed by atoms with van der Waals surface area (Å²) in [6.45, 7) is 4.20. The fourth-order valence-electron chi connectivity index (χ4n) is 2.21. The quantitative estimate of drug-likeness (QED) is 0.594. The molecule has 0 bridgehead atoms. The van der Waals surface area contributed by atoms with Crippen molar-refractivity contribution in [2.75, 3.05) is 0 Å². The Labute approximate surface area is 125 Å². The van der Waals surface area contributed by atoms with Crippen molar-refractivity contribution < 1.29 is 4.79 Å². The van der Waals surface area contributed by atoms with Gasteiger partial charge in [-0.25, -0.2) is 0 Å². The molecule has 20 heavy (non-hydrogen) atoms. The van der Waals surface area contributed by atoms with E-state index in [2.05, 4.69) is 32.0 Å². The molecule has 0 aromatic heterocycles. The summed E-state index contributed by atoms with van der Waals surface area (Å²) >= 11 is 4.96. The first-order chi connectivity index (χ1) is 9.61. The molecule has 0 heterocycles. The van der Waals surface area contributed by atoms with Gasteiger partial charge in [-0.2, -0.15) is 0 Å². The van der Waals surface area contributed by atoms with Crippen molar-refractivity contribution in [2.45, 2.75) is 26.7 Å². The maximum absolute atomic E-state index is 12.3. The summed E-state index contributed by atoms with van der Waals surface area (Å²) in [4.78, 5) is 12.3. The van der Waals surface area contributed by atoms with Crippen LogP contribution in [0.25, 0.3) is 0 Å². The van der Waals surface area contributed by atoms with Gasteiger partial charge in [0.25, 0.3) is 0 Å². The van der Waals surface area contributed by atoms with Crippen LogP contribution in [0.1, 0.15) is 39.0 Å². The molecule has 0 atom stereocenters. The highest BCUT2D eigenvalue weighted by Gasteiger charge is 2.09. The highest BCUT2D eigenvalue weighted by Crippen LogP contribution is 2.15. The fourth-order valence-corrected chi connectivity index (χ4v) is 2.41. The third kappa shape index (κ3) is 3.40. The zero-order chi connectivity index (χ0) is 14.5. The Balaban J connectivity index is 2.08. The molecule has 0 spiro atoms. The van der Waals surface area contributed by atoms with E-state index in [4.69, 9.17) is 12.2 Å². The Morgan fingerprint density at radius 2 is 1.85 bits per heavy atom. The lowest BCUT2D eigenvalue weighted by atomic mass is 9.98. The molecule has 0 aliphatic rings. The monoisotopic (exact) mass is 282 g/mol. The maximum atomic E-state index is 12.3. The second kappa shape index (κ2) is 6.58. The number of ketones is 1. The van der Waals surface area contributed by atoms with Crippen LogP contribution in [-0.2, 0) is 6.42 Å². The lowest BCUT2D eigenvalue weighted by Crippen LogP contribution is -2.04. The molecule has 1 nitrogen and oxygen atoms in total. The van der Waals surface area contributed by atoms with Gasteiger partial charge < -0.3 is 0 Å². The van der Waals surface area contributed by atoms with Gasteiger partial charge in [0, 0.05) is 17.4 Å². The van der Waals surface area contributed by atoms with E-state index in [0.717, 1.165) is 17.5 Å². The van der Waals surface area contributed by atoms with Crippen LogP contribution in [0.5, 0.6) is 0 Å². The van der Waals surface area contributed by atoms with E-state index in [9.17, 15) is 4.79 Å². The van der Waals surface area contributed by atoms with Gasteiger partial charge in [0.15, 0.2) is 5.78 Å². The van der Waals surface area contributed by atoms with E-state index in [1.807, 2.05) is 24.3 Å². The Hall–Kier alpha value is -1.80. The average molecular weight is 282 g/mol. The van der Waals surface area contributed by atoms with Crippen molar-refractivity contribution in [3.05, 3.63) is 70.3 Å². The van der Waals surface area contributed by atoms with Gasteiger partial charge in [-0.05, 0) is 42.5 Å². The molecule has 0 saturated carbocycles. The number of hydrogen-bond donors (Lipinski definition) is 0. The highest BCUT2D eigenvalue weighted by molar-refractivity contribution is 7.79.